The third kappa shape index (κ3) is 4.34. The monoisotopic (exact) mass is 292 g/mol. The number of likely N-dealkylation sites (tertiary alicyclic amines) is 1. The van der Waals surface area contributed by atoms with Gasteiger partial charge in [0.25, 0.3) is 0 Å². The molecular formula is C15H20N2O2S. The Bertz CT molecular complexity index is 587. The maximum absolute atomic E-state index is 11.3. The fourth-order valence-electron chi connectivity index (χ4n) is 2.67. The van der Waals surface area contributed by atoms with Gasteiger partial charge in [0.2, 0.25) is 10.0 Å². The summed E-state index contributed by atoms with van der Waals surface area (Å²) in [7, 11) is -3.43. The van der Waals surface area contributed by atoms with Crippen LogP contribution in [-0.2, 0) is 16.6 Å². The van der Waals surface area contributed by atoms with E-state index in [1.165, 1.54) is 0 Å². The van der Waals surface area contributed by atoms with Gasteiger partial charge >= 0.3 is 0 Å². The first-order valence-electron chi connectivity index (χ1n) is 6.78. The lowest BCUT2D eigenvalue weighted by atomic mass is 10.0. The maximum atomic E-state index is 11.3. The van der Waals surface area contributed by atoms with Crippen molar-refractivity contribution in [3.8, 4) is 12.3 Å². The summed E-state index contributed by atoms with van der Waals surface area (Å²) >= 11 is 0. The normalized spacial score (nSPS) is 20.5. The largest absolute Gasteiger partial charge is 0.295 e. The van der Waals surface area contributed by atoms with Crippen LogP contribution in [0.4, 0.5) is 0 Å². The molecule has 1 heterocycles. The number of primary sulfonamides is 1. The van der Waals surface area contributed by atoms with Crippen LogP contribution in [0.3, 0.4) is 0 Å². The minimum absolute atomic E-state index is 0.0195. The van der Waals surface area contributed by atoms with E-state index in [-0.39, 0.29) is 11.8 Å². The molecule has 1 aromatic carbocycles. The second-order valence-corrected chi connectivity index (χ2v) is 6.95. The fourth-order valence-corrected chi connectivity index (χ4v) is 3.58. The number of benzene rings is 1. The van der Waals surface area contributed by atoms with E-state index >= 15 is 0 Å². The van der Waals surface area contributed by atoms with Crippen molar-refractivity contribution in [3.63, 3.8) is 0 Å². The molecule has 0 saturated carbocycles. The molecule has 1 aliphatic heterocycles. The smallest absolute Gasteiger partial charge is 0.210 e. The number of rotatable bonds is 4. The molecule has 4 nitrogen and oxygen atoms in total. The van der Waals surface area contributed by atoms with Crippen molar-refractivity contribution in [2.45, 2.75) is 31.8 Å². The number of sulfonamides is 1. The Balaban J connectivity index is 2.06. The van der Waals surface area contributed by atoms with Gasteiger partial charge in [-0.3, -0.25) is 4.90 Å². The molecule has 1 aliphatic rings. The van der Waals surface area contributed by atoms with E-state index in [4.69, 9.17) is 11.6 Å². The van der Waals surface area contributed by atoms with E-state index in [2.05, 4.69) is 10.8 Å². The molecular weight excluding hydrogens is 272 g/mol. The quantitative estimate of drug-likeness (QED) is 0.851. The second-order valence-electron chi connectivity index (χ2n) is 5.29. The highest BCUT2D eigenvalue weighted by molar-refractivity contribution is 7.89. The lowest BCUT2D eigenvalue weighted by Crippen LogP contribution is -2.44. The van der Waals surface area contributed by atoms with Crippen molar-refractivity contribution in [2.24, 2.45) is 5.14 Å². The van der Waals surface area contributed by atoms with Gasteiger partial charge in [-0.2, -0.15) is 0 Å². The third-order valence-corrected chi connectivity index (χ3v) is 4.53. The van der Waals surface area contributed by atoms with Crippen LogP contribution in [0.1, 0.15) is 30.4 Å². The van der Waals surface area contributed by atoms with Crippen molar-refractivity contribution < 1.29 is 8.42 Å². The van der Waals surface area contributed by atoms with E-state index in [0.29, 0.717) is 0 Å². The Morgan fingerprint density at radius 2 is 2.00 bits per heavy atom. The summed E-state index contributed by atoms with van der Waals surface area (Å²) in [4.78, 5) is 2.21. The van der Waals surface area contributed by atoms with E-state index in [0.717, 1.165) is 43.5 Å². The summed E-state index contributed by atoms with van der Waals surface area (Å²) in [6, 6.07) is 7.84. The molecule has 2 rings (SSSR count). The molecule has 0 unspecified atom stereocenters. The number of terminal acetylenes is 1. The third-order valence-electron chi connectivity index (χ3n) is 3.68. The number of nitrogens with two attached hydrogens (primary N) is 1. The SMILES string of the molecule is C#Cc1ccc(CN2CCCC[C@H]2CS(N)(=O)=O)cc1. The number of hydrogen-bond donors (Lipinski definition) is 1. The summed E-state index contributed by atoms with van der Waals surface area (Å²) in [5, 5.41) is 5.18. The van der Waals surface area contributed by atoms with Gasteiger partial charge in [-0.25, -0.2) is 13.6 Å². The molecule has 0 radical (unpaired) electrons. The summed E-state index contributed by atoms with van der Waals surface area (Å²) < 4.78 is 22.6. The minimum Gasteiger partial charge on any atom is -0.295 e. The Morgan fingerprint density at radius 1 is 1.30 bits per heavy atom. The summed E-state index contributed by atoms with van der Waals surface area (Å²) in [5.74, 6) is 2.63. The molecule has 0 bridgehead atoms. The summed E-state index contributed by atoms with van der Waals surface area (Å²) in [5.41, 5.74) is 2.00. The summed E-state index contributed by atoms with van der Waals surface area (Å²) in [6.45, 7) is 1.65. The van der Waals surface area contributed by atoms with Crippen LogP contribution in [0, 0.1) is 12.3 Å². The Labute approximate surface area is 121 Å². The Morgan fingerprint density at radius 3 is 2.60 bits per heavy atom. The van der Waals surface area contributed by atoms with Crippen molar-refractivity contribution in [1.29, 1.82) is 0 Å². The van der Waals surface area contributed by atoms with Crippen LogP contribution < -0.4 is 5.14 Å². The molecule has 0 aromatic heterocycles. The van der Waals surface area contributed by atoms with E-state index < -0.39 is 10.0 Å². The van der Waals surface area contributed by atoms with Crippen LogP contribution in [-0.4, -0.2) is 31.7 Å². The zero-order valence-corrected chi connectivity index (χ0v) is 12.3. The average molecular weight is 292 g/mol. The van der Waals surface area contributed by atoms with Crippen LogP contribution in [0.2, 0.25) is 0 Å². The van der Waals surface area contributed by atoms with Gasteiger partial charge in [0.1, 0.15) is 0 Å². The first-order valence-corrected chi connectivity index (χ1v) is 8.49. The predicted molar refractivity (Wildman–Crippen MR) is 80.4 cm³/mol. The van der Waals surface area contributed by atoms with Gasteiger partial charge in [-0.1, -0.05) is 24.5 Å². The Hall–Kier alpha value is -1.35. The molecule has 1 fully saturated rings. The standard InChI is InChI=1S/C15H20N2O2S/c1-2-13-6-8-14(9-7-13)11-17-10-4-3-5-15(17)12-20(16,18)19/h1,6-9,15H,3-5,10-12H2,(H2,16,18,19)/t15-/m0/s1. The predicted octanol–water partition coefficient (Wildman–Crippen LogP) is 1.31. The van der Waals surface area contributed by atoms with Crippen LogP contribution in [0.25, 0.3) is 0 Å². The maximum Gasteiger partial charge on any atom is 0.210 e. The van der Waals surface area contributed by atoms with E-state index in [1.54, 1.807) is 0 Å². The molecule has 108 valence electrons. The number of piperidine rings is 1. The highest BCUT2D eigenvalue weighted by Gasteiger charge is 2.25. The molecule has 0 amide bonds. The van der Waals surface area contributed by atoms with Crippen LogP contribution >= 0.6 is 0 Å². The van der Waals surface area contributed by atoms with E-state index in [1.807, 2.05) is 24.3 Å². The van der Waals surface area contributed by atoms with Crippen molar-refractivity contribution >= 4 is 10.0 Å². The molecule has 0 aliphatic carbocycles. The number of hydrogen-bond acceptors (Lipinski definition) is 3. The van der Waals surface area contributed by atoms with Crippen molar-refractivity contribution in [2.75, 3.05) is 12.3 Å². The average Bonchev–Trinajstić information content (AvgIpc) is 2.40. The van der Waals surface area contributed by atoms with E-state index in [9.17, 15) is 8.42 Å². The lowest BCUT2D eigenvalue weighted by molar-refractivity contribution is 0.154. The molecule has 1 atom stereocenters. The minimum atomic E-state index is -3.43. The second kappa shape index (κ2) is 6.40. The highest BCUT2D eigenvalue weighted by Crippen LogP contribution is 2.20. The zero-order valence-electron chi connectivity index (χ0n) is 11.5. The molecule has 5 heteroatoms. The first-order chi connectivity index (χ1) is 9.48. The summed E-state index contributed by atoms with van der Waals surface area (Å²) in [6.07, 6.45) is 8.39. The topological polar surface area (TPSA) is 63.4 Å². The van der Waals surface area contributed by atoms with Crippen LogP contribution in [0.15, 0.2) is 24.3 Å². The molecule has 20 heavy (non-hydrogen) atoms. The Kier molecular flexibility index (Phi) is 4.81. The van der Waals surface area contributed by atoms with Crippen molar-refractivity contribution in [1.82, 2.24) is 4.90 Å². The van der Waals surface area contributed by atoms with Gasteiger partial charge in [0, 0.05) is 18.2 Å². The van der Waals surface area contributed by atoms with Gasteiger partial charge in [0.05, 0.1) is 5.75 Å². The van der Waals surface area contributed by atoms with Gasteiger partial charge in [-0.15, -0.1) is 6.42 Å². The zero-order chi connectivity index (χ0) is 14.6. The van der Waals surface area contributed by atoms with Gasteiger partial charge in [0.15, 0.2) is 0 Å². The van der Waals surface area contributed by atoms with Crippen molar-refractivity contribution in [3.05, 3.63) is 35.4 Å². The van der Waals surface area contributed by atoms with Crippen LogP contribution in [0.5, 0.6) is 0 Å². The fraction of sp³-hybridized carbons (Fsp3) is 0.467. The first kappa shape index (κ1) is 15.0. The molecule has 1 aromatic rings. The number of nitrogens with zero attached hydrogens (tertiary/aromatic N) is 1. The molecule has 0 spiro atoms. The highest BCUT2D eigenvalue weighted by atomic mass is 32.2. The van der Waals surface area contributed by atoms with Gasteiger partial charge < -0.3 is 0 Å². The molecule has 1 saturated heterocycles. The molecule has 2 N–H and O–H groups in total. The lowest BCUT2D eigenvalue weighted by Gasteiger charge is -2.35. The van der Waals surface area contributed by atoms with Gasteiger partial charge in [-0.05, 0) is 37.1 Å².